The second-order valence-corrected chi connectivity index (χ2v) is 8.30. The standard InChI is InChI=1S/C20H29FN2O3S/c1-5-26-20(25)15(4)22(12-14(2)3)13-18(24)23-10-11-27-19(23)16-6-8-17(21)9-7-16/h6-9,14-15,19H,5,10-13H2,1-4H3/t15-,19+/m0/s1. The highest BCUT2D eigenvalue weighted by Crippen LogP contribution is 2.38. The fourth-order valence-corrected chi connectivity index (χ4v) is 4.41. The number of carbonyl (C=O) groups is 2. The van der Waals surface area contributed by atoms with Crippen molar-refractivity contribution in [3.63, 3.8) is 0 Å². The van der Waals surface area contributed by atoms with E-state index < -0.39 is 6.04 Å². The molecule has 150 valence electrons. The molecular weight excluding hydrogens is 367 g/mol. The van der Waals surface area contributed by atoms with Crippen LogP contribution in [-0.2, 0) is 14.3 Å². The van der Waals surface area contributed by atoms with E-state index in [-0.39, 0.29) is 29.6 Å². The molecule has 1 aromatic rings. The number of halogens is 1. The van der Waals surface area contributed by atoms with Gasteiger partial charge in [0.25, 0.3) is 0 Å². The van der Waals surface area contributed by atoms with Crippen molar-refractivity contribution in [3.05, 3.63) is 35.6 Å². The number of nitrogens with zero attached hydrogens (tertiary/aromatic N) is 2. The Balaban J connectivity index is 2.10. The van der Waals surface area contributed by atoms with Crippen molar-refractivity contribution in [1.29, 1.82) is 0 Å². The summed E-state index contributed by atoms with van der Waals surface area (Å²) in [5, 5.41) is -0.114. The zero-order valence-electron chi connectivity index (χ0n) is 16.5. The molecule has 1 aliphatic heterocycles. The van der Waals surface area contributed by atoms with E-state index in [2.05, 4.69) is 13.8 Å². The largest absolute Gasteiger partial charge is 0.465 e. The molecule has 2 rings (SSSR count). The minimum atomic E-state index is -0.476. The lowest BCUT2D eigenvalue weighted by molar-refractivity contribution is -0.150. The van der Waals surface area contributed by atoms with Crippen LogP contribution < -0.4 is 0 Å². The molecule has 1 aromatic carbocycles. The molecule has 7 heteroatoms. The van der Waals surface area contributed by atoms with Crippen LogP contribution in [0.15, 0.2) is 24.3 Å². The normalized spacial score (nSPS) is 18.2. The Bertz CT molecular complexity index is 639. The van der Waals surface area contributed by atoms with Gasteiger partial charge in [-0.15, -0.1) is 11.8 Å². The number of ether oxygens (including phenoxy) is 1. The van der Waals surface area contributed by atoms with Crippen LogP contribution in [0.5, 0.6) is 0 Å². The number of thioether (sulfide) groups is 1. The Morgan fingerprint density at radius 1 is 1.30 bits per heavy atom. The molecule has 0 saturated carbocycles. The summed E-state index contributed by atoms with van der Waals surface area (Å²) in [6.07, 6.45) is 0. The van der Waals surface area contributed by atoms with Gasteiger partial charge in [0.15, 0.2) is 0 Å². The summed E-state index contributed by atoms with van der Waals surface area (Å²) < 4.78 is 18.3. The Hall–Kier alpha value is -1.60. The fraction of sp³-hybridized carbons (Fsp3) is 0.600. The van der Waals surface area contributed by atoms with Crippen LogP contribution in [0, 0.1) is 11.7 Å². The monoisotopic (exact) mass is 396 g/mol. The van der Waals surface area contributed by atoms with Crippen molar-refractivity contribution in [1.82, 2.24) is 9.80 Å². The summed E-state index contributed by atoms with van der Waals surface area (Å²) in [4.78, 5) is 28.9. The van der Waals surface area contributed by atoms with Gasteiger partial charge in [-0.3, -0.25) is 14.5 Å². The van der Waals surface area contributed by atoms with Crippen molar-refractivity contribution >= 4 is 23.6 Å². The molecular formula is C20H29FN2O3S. The van der Waals surface area contributed by atoms with Crippen molar-refractivity contribution in [2.24, 2.45) is 5.92 Å². The molecule has 0 bridgehead atoms. The molecule has 0 N–H and O–H groups in total. The first kappa shape index (κ1) is 21.7. The minimum absolute atomic E-state index is 0.0221. The first-order valence-corrected chi connectivity index (χ1v) is 10.5. The molecule has 5 nitrogen and oxygen atoms in total. The lowest BCUT2D eigenvalue weighted by Crippen LogP contribution is -2.48. The summed E-state index contributed by atoms with van der Waals surface area (Å²) >= 11 is 1.67. The van der Waals surface area contributed by atoms with E-state index in [9.17, 15) is 14.0 Å². The molecule has 27 heavy (non-hydrogen) atoms. The first-order valence-electron chi connectivity index (χ1n) is 9.40. The zero-order valence-corrected chi connectivity index (χ0v) is 17.3. The van der Waals surface area contributed by atoms with Gasteiger partial charge in [0, 0.05) is 18.8 Å². The number of amides is 1. The molecule has 0 spiro atoms. The van der Waals surface area contributed by atoms with Gasteiger partial charge in [-0.2, -0.15) is 0 Å². The predicted molar refractivity (Wildman–Crippen MR) is 106 cm³/mol. The summed E-state index contributed by atoms with van der Waals surface area (Å²) in [6.45, 7) is 9.44. The zero-order chi connectivity index (χ0) is 20.0. The molecule has 0 unspecified atom stereocenters. The molecule has 1 aliphatic rings. The van der Waals surface area contributed by atoms with Gasteiger partial charge in [-0.1, -0.05) is 26.0 Å². The van der Waals surface area contributed by atoms with Crippen LogP contribution in [0.2, 0.25) is 0 Å². The maximum Gasteiger partial charge on any atom is 0.323 e. The second kappa shape index (κ2) is 10.1. The molecule has 0 aliphatic carbocycles. The lowest BCUT2D eigenvalue weighted by atomic mass is 10.1. The van der Waals surface area contributed by atoms with Crippen molar-refractivity contribution in [3.8, 4) is 0 Å². The third-order valence-electron chi connectivity index (χ3n) is 4.48. The van der Waals surface area contributed by atoms with Crippen LogP contribution in [0.25, 0.3) is 0 Å². The number of carbonyl (C=O) groups excluding carboxylic acids is 2. The summed E-state index contributed by atoms with van der Waals surface area (Å²) in [5.74, 6) is 0.537. The Kier molecular flexibility index (Phi) is 8.10. The Morgan fingerprint density at radius 2 is 1.96 bits per heavy atom. The van der Waals surface area contributed by atoms with Gasteiger partial charge in [0.2, 0.25) is 5.91 Å². The van der Waals surface area contributed by atoms with E-state index >= 15 is 0 Å². The smallest absolute Gasteiger partial charge is 0.323 e. The van der Waals surface area contributed by atoms with Crippen LogP contribution in [0.3, 0.4) is 0 Å². The van der Waals surface area contributed by atoms with Crippen LogP contribution in [-0.4, -0.2) is 59.7 Å². The first-order chi connectivity index (χ1) is 12.8. The molecule has 1 saturated heterocycles. The SMILES string of the molecule is CCOC(=O)[C@H](C)N(CC(=O)N1CCS[C@@H]1c1ccc(F)cc1)CC(C)C. The van der Waals surface area contributed by atoms with E-state index in [0.717, 1.165) is 11.3 Å². The summed E-state index contributed by atoms with van der Waals surface area (Å²) in [7, 11) is 0. The van der Waals surface area contributed by atoms with Gasteiger partial charge < -0.3 is 9.64 Å². The average molecular weight is 397 g/mol. The average Bonchev–Trinajstić information content (AvgIpc) is 3.10. The van der Waals surface area contributed by atoms with Crippen LogP contribution >= 0.6 is 11.8 Å². The van der Waals surface area contributed by atoms with Crippen LogP contribution in [0.1, 0.15) is 38.6 Å². The molecule has 2 atom stereocenters. The maximum absolute atomic E-state index is 13.2. The highest BCUT2D eigenvalue weighted by Gasteiger charge is 2.33. The fourth-order valence-electron chi connectivity index (χ4n) is 3.13. The third-order valence-corrected chi connectivity index (χ3v) is 5.74. The molecule has 1 heterocycles. The van der Waals surface area contributed by atoms with E-state index in [4.69, 9.17) is 4.74 Å². The molecule has 1 amide bonds. The lowest BCUT2D eigenvalue weighted by Gasteiger charge is -2.31. The second-order valence-electron chi connectivity index (χ2n) is 7.11. The molecule has 0 radical (unpaired) electrons. The summed E-state index contributed by atoms with van der Waals surface area (Å²) in [5.41, 5.74) is 0.918. The minimum Gasteiger partial charge on any atom is -0.465 e. The van der Waals surface area contributed by atoms with E-state index in [1.54, 1.807) is 37.7 Å². The predicted octanol–water partition coefficient (Wildman–Crippen LogP) is 3.31. The van der Waals surface area contributed by atoms with Crippen molar-refractivity contribution < 1.29 is 18.7 Å². The Morgan fingerprint density at radius 3 is 2.56 bits per heavy atom. The van der Waals surface area contributed by atoms with Crippen LogP contribution in [0.4, 0.5) is 4.39 Å². The maximum atomic E-state index is 13.2. The summed E-state index contributed by atoms with van der Waals surface area (Å²) in [6, 6.07) is 5.82. The van der Waals surface area contributed by atoms with Crippen molar-refractivity contribution in [2.45, 2.75) is 39.1 Å². The highest BCUT2D eigenvalue weighted by molar-refractivity contribution is 7.99. The van der Waals surface area contributed by atoms with Gasteiger partial charge >= 0.3 is 5.97 Å². The number of esters is 1. The van der Waals surface area contributed by atoms with E-state index in [1.807, 2.05) is 9.80 Å². The topological polar surface area (TPSA) is 49.9 Å². The van der Waals surface area contributed by atoms with Crippen molar-refractivity contribution in [2.75, 3.05) is 32.0 Å². The Labute approximate surface area is 165 Å². The van der Waals surface area contributed by atoms with Gasteiger partial charge in [-0.25, -0.2) is 4.39 Å². The van der Waals surface area contributed by atoms with E-state index in [1.165, 1.54) is 12.1 Å². The highest BCUT2D eigenvalue weighted by atomic mass is 32.2. The van der Waals surface area contributed by atoms with Gasteiger partial charge in [-0.05, 0) is 37.5 Å². The molecule has 1 fully saturated rings. The quantitative estimate of drug-likeness (QED) is 0.631. The van der Waals surface area contributed by atoms with Gasteiger partial charge in [0.05, 0.1) is 13.2 Å². The number of benzene rings is 1. The van der Waals surface area contributed by atoms with E-state index in [0.29, 0.717) is 25.6 Å². The number of rotatable bonds is 8. The van der Waals surface area contributed by atoms with Gasteiger partial charge in [0.1, 0.15) is 17.2 Å². The number of hydrogen-bond donors (Lipinski definition) is 0. The number of hydrogen-bond acceptors (Lipinski definition) is 5. The third kappa shape index (κ3) is 5.94. The molecule has 0 aromatic heterocycles.